The number of nitrogens with zero attached hydrogens (tertiary/aromatic N) is 1. The van der Waals surface area contributed by atoms with Crippen LogP contribution in [0.1, 0.15) is 11.1 Å². The molecule has 2 nitrogen and oxygen atoms in total. The molecule has 0 aliphatic carbocycles. The lowest BCUT2D eigenvalue weighted by atomic mass is 9.58. The van der Waals surface area contributed by atoms with Crippen LogP contribution in [0.25, 0.3) is 93.9 Å². The molecule has 0 bridgehead atoms. The van der Waals surface area contributed by atoms with Crippen LogP contribution in [0.4, 0.5) is 11.4 Å². The van der Waals surface area contributed by atoms with Crippen LogP contribution in [0, 0.1) is 13.8 Å². The molecule has 0 saturated carbocycles. The number of benzene rings is 10. The van der Waals surface area contributed by atoms with E-state index in [0.29, 0.717) is 0 Å². The van der Waals surface area contributed by atoms with E-state index in [9.17, 15) is 0 Å². The van der Waals surface area contributed by atoms with Gasteiger partial charge in [-0.15, -0.1) is 0 Å². The van der Waals surface area contributed by atoms with Crippen molar-refractivity contribution in [2.75, 3.05) is 5.32 Å². The first-order valence-corrected chi connectivity index (χ1v) is 21.8. The fourth-order valence-electron chi connectivity index (χ4n) is 9.96. The van der Waals surface area contributed by atoms with Gasteiger partial charge in [-0.2, -0.15) is 0 Å². The van der Waals surface area contributed by atoms with E-state index in [0.717, 1.165) is 16.9 Å². The van der Waals surface area contributed by atoms with E-state index in [2.05, 4.69) is 243 Å². The largest absolute Gasteiger partial charge is 0.355 e. The highest BCUT2D eigenvalue weighted by atomic mass is 15.0. The van der Waals surface area contributed by atoms with E-state index in [4.69, 9.17) is 0 Å². The smallest absolute Gasteiger partial charge is 0.197 e. The molecule has 3 heteroatoms. The minimum absolute atomic E-state index is 1.08. The number of aryl methyl sites for hydroxylation is 2. The lowest BCUT2D eigenvalue weighted by Gasteiger charge is -2.27. The van der Waals surface area contributed by atoms with Gasteiger partial charge in [0.15, 0.2) is 7.28 Å². The van der Waals surface area contributed by atoms with Crippen molar-refractivity contribution < 1.29 is 0 Å². The summed E-state index contributed by atoms with van der Waals surface area (Å²) in [5.41, 5.74) is 22.6. The van der Waals surface area contributed by atoms with Crippen LogP contribution in [0.3, 0.4) is 0 Å². The number of fused-ring (bicyclic) bond motifs is 6. The number of hydrogen-bond acceptors (Lipinski definition) is 1. The topological polar surface area (TPSA) is 17.0 Å². The van der Waals surface area contributed by atoms with Crippen molar-refractivity contribution in [1.29, 1.82) is 0 Å². The molecule has 1 aromatic heterocycles. The van der Waals surface area contributed by atoms with Crippen molar-refractivity contribution in [2.45, 2.75) is 13.8 Å². The van der Waals surface area contributed by atoms with E-state index in [-0.39, 0.29) is 0 Å². The highest BCUT2D eigenvalue weighted by Crippen LogP contribution is 2.42. The summed E-state index contributed by atoms with van der Waals surface area (Å²) in [6.07, 6.45) is 0. The van der Waals surface area contributed by atoms with E-state index < -0.39 is 0 Å². The van der Waals surface area contributed by atoms with Gasteiger partial charge in [0.25, 0.3) is 0 Å². The van der Waals surface area contributed by atoms with Gasteiger partial charge < -0.3 is 9.88 Å². The second kappa shape index (κ2) is 14.9. The van der Waals surface area contributed by atoms with Gasteiger partial charge in [0, 0.05) is 38.9 Å². The van der Waals surface area contributed by atoms with Gasteiger partial charge in [-0.3, -0.25) is 0 Å². The van der Waals surface area contributed by atoms with Gasteiger partial charge in [0.1, 0.15) is 0 Å². The number of nitrogens with one attached hydrogen (secondary N) is 1. The molecule has 2 heterocycles. The van der Waals surface area contributed by atoms with Crippen LogP contribution in [0.5, 0.6) is 0 Å². The Balaban J connectivity index is 1.13. The van der Waals surface area contributed by atoms with Gasteiger partial charge in [-0.05, 0) is 146 Å². The summed E-state index contributed by atoms with van der Waals surface area (Å²) >= 11 is 0. The summed E-state index contributed by atoms with van der Waals surface area (Å²) in [7, 11) is 2.45. The van der Waals surface area contributed by atoms with E-state index in [1.165, 1.54) is 110 Å². The van der Waals surface area contributed by atoms with Gasteiger partial charge in [0.05, 0.1) is 5.52 Å². The third-order valence-electron chi connectivity index (χ3n) is 13.0. The normalized spacial score (nSPS) is 11.8. The Labute approximate surface area is 369 Å². The molecule has 0 unspecified atom stereocenters. The summed E-state index contributed by atoms with van der Waals surface area (Å²) in [5, 5.41) is 8.94. The molecule has 1 aliphatic heterocycles. The second-order valence-electron chi connectivity index (χ2n) is 16.9. The highest BCUT2D eigenvalue weighted by molar-refractivity contribution is 6.73. The molecule has 12 rings (SSSR count). The standard InChI is InChI=1S/C60H42BN2/c1-38-29-47(41-19-9-4-10-20-41)30-39(2)59(38)62-55-36-45-26-16-15-25-44(45)31-50(55)52-33-49(43-23-13-6-14-24-43)37-57-58(52)61-54-35-48(42-21-11-5-12-22-42)34-53-51-32-46(40-17-7-3-8-18-40)27-28-56(51)63(57)60(53)54/h3-37,62H,1-2H3. The molecule has 0 fully saturated rings. The number of anilines is 2. The van der Waals surface area contributed by atoms with Crippen molar-refractivity contribution in [3.63, 3.8) is 0 Å². The first kappa shape index (κ1) is 36.9. The van der Waals surface area contributed by atoms with Crippen LogP contribution < -0.4 is 16.2 Å². The maximum Gasteiger partial charge on any atom is 0.197 e. The van der Waals surface area contributed by atoms with E-state index >= 15 is 0 Å². The number of rotatable bonds is 7. The SMILES string of the molecule is Cc1cc(-c2ccccc2)cc(C)c1Nc1cc2ccccc2cc1-c1cc(-c2ccccc2)cc2c1[B]c1cc(-c3ccccc3)cc3c4cc(-c5ccccc5)ccc4n-2c13. The van der Waals surface area contributed by atoms with Crippen molar-refractivity contribution in [1.82, 2.24) is 4.57 Å². The fourth-order valence-corrected chi connectivity index (χ4v) is 9.96. The maximum atomic E-state index is 4.04. The quantitative estimate of drug-likeness (QED) is 0.159. The highest BCUT2D eigenvalue weighted by Gasteiger charge is 2.28. The lowest BCUT2D eigenvalue weighted by Crippen LogP contribution is -2.37. The Morgan fingerprint density at radius 2 is 0.905 bits per heavy atom. The number of hydrogen-bond donors (Lipinski definition) is 1. The van der Waals surface area contributed by atoms with Crippen molar-refractivity contribution in [3.05, 3.63) is 223 Å². The zero-order chi connectivity index (χ0) is 42.0. The Morgan fingerprint density at radius 1 is 0.397 bits per heavy atom. The summed E-state index contributed by atoms with van der Waals surface area (Å²) in [6.45, 7) is 4.45. The monoisotopic (exact) mass is 801 g/mol. The van der Waals surface area contributed by atoms with Crippen LogP contribution in [0.15, 0.2) is 212 Å². The van der Waals surface area contributed by atoms with Gasteiger partial charge in [0.2, 0.25) is 0 Å². The molecule has 0 spiro atoms. The summed E-state index contributed by atoms with van der Waals surface area (Å²) < 4.78 is 2.54. The molecular weight excluding hydrogens is 759 g/mol. The Kier molecular flexibility index (Phi) is 8.76. The third kappa shape index (κ3) is 6.35. The Bertz CT molecular complexity index is 3530. The molecule has 10 aromatic carbocycles. The lowest BCUT2D eigenvalue weighted by molar-refractivity contribution is 1.19. The molecule has 1 radical (unpaired) electrons. The van der Waals surface area contributed by atoms with E-state index in [1.54, 1.807) is 0 Å². The molecule has 0 atom stereocenters. The third-order valence-corrected chi connectivity index (χ3v) is 13.0. The average Bonchev–Trinajstić information content (AvgIpc) is 3.67. The predicted octanol–water partition coefficient (Wildman–Crippen LogP) is 14.6. The van der Waals surface area contributed by atoms with Crippen molar-refractivity contribution >= 4 is 62.2 Å². The van der Waals surface area contributed by atoms with Crippen molar-refractivity contribution in [3.8, 4) is 61.3 Å². The maximum absolute atomic E-state index is 4.04. The minimum Gasteiger partial charge on any atom is -0.355 e. The van der Waals surface area contributed by atoms with Gasteiger partial charge in [-0.1, -0.05) is 163 Å². The fraction of sp³-hybridized carbons (Fsp3) is 0.0333. The molecule has 63 heavy (non-hydrogen) atoms. The molecule has 295 valence electrons. The van der Waals surface area contributed by atoms with Gasteiger partial charge in [-0.25, -0.2) is 0 Å². The zero-order valence-corrected chi connectivity index (χ0v) is 35.2. The molecule has 11 aromatic rings. The summed E-state index contributed by atoms with van der Waals surface area (Å²) in [6, 6.07) is 77.8. The zero-order valence-electron chi connectivity index (χ0n) is 35.2. The molecule has 1 aliphatic rings. The molecular formula is C60H42BN2. The van der Waals surface area contributed by atoms with Crippen molar-refractivity contribution in [2.24, 2.45) is 0 Å². The van der Waals surface area contributed by atoms with Crippen LogP contribution in [0.2, 0.25) is 0 Å². The first-order valence-electron chi connectivity index (χ1n) is 21.8. The summed E-state index contributed by atoms with van der Waals surface area (Å²) in [5.74, 6) is 0. The Hall–Kier alpha value is -7.88. The minimum atomic E-state index is 1.08. The summed E-state index contributed by atoms with van der Waals surface area (Å²) in [4.78, 5) is 0. The van der Waals surface area contributed by atoms with Crippen LogP contribution >= 0.6 is 0 Å². The molecule has 0 saturated heterocycles. The van der Waals surface area contributed by atoms with E-state index in [1.807, 2.05) is 0 Å². The van der Waals surface area contributed by atoms with Crippen LogP contribution in [-0.4, -0.2) is 11.8 Å². The molecule has 1 N–H and O–H groups in total. The average molecular weight is 802 g/mol. The first-order chi connectivity index (χ1) is 31.0. The van der Waals surface area contributed by atoms with Crippen LogP contribution in [-0.2, 0) is 0 Å². The molecule has 0 amide bonds. The second-order valence-corrected chi connectivity index (χ2v) is 16.9. The predicted molar refractivity (Wildman–Crippen MR) is 270 cm³/mol. The van der Waals surface area contributed by atoms with Gasteiger partial charge >= 0.3 is 0 Å². The number of aromatic nitrogens is 1. The Morgan fingerprint density at radius 3 is 1.51 bits per heavy atom.